The van der Waals surface area contributed by atoms with Gasteiger partial charge in [-0.2, -0.15) is 0 Å². The van der Waals surface area contributed by atoms with Crippen molar-refractivity contribution < 1.29 is 0 Å². The zero-order valence-corrected chi connectivity index (χ0v) is 8.64. The van der Waals surface area contributed by atoms with E-state index in [4.69, 9.17) is 0 Å². The second kappa shape index (κ2) is 3.13. The van der Waals surface area contributed by atoms with Crippen LogP contribution in [0.25, 0.3) is 16.8 Å². The summed E-state index contributed by atoms with van der Waals surface area (Å²) in [5.41, 5.74) is 1.42. The first-order valence-corrected chi connectivity index (χ1v) is 5.02. The maximum absolute atomic E-state index is 11.7. The number of aromatic nitrogens is 5. The lowest BCUT2D eigenvalue weighted by Gasteiger charge is -2.01. The molecule has 3 aromatic rings. The number of nitrogens with one attached hydrogen (secondary N) is 1. The van der Waals surface area contributed by atoms with Crippen LogP contribution in [0.3, 0.4) is 0 Å². The summed E-state index contributed by atoms with van der Waals surface area (Å²) in [7, 11) is 0. The van der Waals surface area contributed by atoms with Gasteiger partial charge in [0.05, 0.1) is 5.52 Å². The molecule has 16 heavy (non-hydrogen) atoms. The lowest BCUT2D eigenvalue weighted by Crippen LogP contribution is -2.12. The number of aromatic amines is 1. The van der Waals surface area contributed by atoms with Gasteiger partial charge in [-0.05, 0) is 12.1 Å². The number of fused-ring (bicyclic) bond motifs is 3. The van der Waals surface area contributed by atoms with Crippen LogP contribution in [-0.4, -0.2) is 24.6 Å². The first-order chi connectivity index (χ1) is 7.81. The van der Waals surface area contributed by atoms with Crippen molar-refractivity contribution in [3.63, 3.8) is 0 Å². The van der Waals surface area contributed by atoms with Crippen molar-refractivity contribution in [1.82, 2.24) is 24.6 Å². The van der Waals surface area contributed by atoms with E-state index in [1.165, 1.54) is 0 Å². The highest BCUT2D eigenvalue weighted by atomic mass is 16.1. The highest BCUT2D eigenvalue weighted by Gasteiger charge is 2.11. The molecule has 3 rings (SSSR count). The number of H-pyrrole nitrogens is 1. The molecule has 0 amide bonds. The van der Waals surface area contributed by atoms with E-state index in [2.05, 4.69) is 20.2 Å². The maximum atomic E-state index is 11.7. The van der Waals surface area contributed by atoms with Gasteiger partial charge in [0.2, 0.25) is 5.65 Å². The van der Waals surface area contributed by atoms with Gasteiger partial charge in [0.25, 0.3) is 5.56 Å². The Labute approximate surface area is 90.0 Å². The fraction of sp³-hybridized carbons (Fsp3) is 0.200. The number of aryl methyl sites for hydroxylation is 1. The van der Waals surface area contributed by atoms with Gasteiger partial charge in [-0.25, -0.2) is 4.98 Å². The standard InChI is InChI=1S/C10H9N5O/c1-2-7-13-14-9-10(16)12-6-4-3-5-11-8(6)15(7)9/h3-5H,2H2,1H3,(H,12,16). The molecule has 0 bridgehead atoms. The van der Waals surface area contributed by atoms with E-state index in [0.717, 1.165) is 5.82 Å². The van der Waals surface area contributed by atoms with Crippen molar-refractivity contribution in [2.75, 3.05) is 0 Å². The third kappa shape index (κ3) is 1.06. The fourth-order valence-electron chi connectivity index (χ4n) is 1.77. The number of rotatable bonds is 1. The van der Waals surface area contributed by atoms with Gasteiger partial charge >= 0.3 is 0 Å². The Morgan fingerprint density at radius 2 is 2.25 bits per heavy atom. The second-order valence-corrected chi connectivity index (χ2v) is 3.46. The molecule has 80 valence electrons. The van der Waals surface area contributed by atoms with Gasteiger partial charge in [0, 0.05) is 12.6 Å². The van der Waals surface area contributed by atoms with E-state index in [1.54, 1.807) is 16.7 Å². The van der Waals surface area contributed by atoms with Crippen LogP contribution in [0.1, 0.15) is 12.7 Å². The quantitative estimate of drug-likeness (QED) is 0.642. The summed E-state index contributed by atoms with van der Waals surface area (Å²) in [6.45, 7) is 1.96. The largest absolute Gasteiger partial charge is 0.316 e. The van der Waals surface area contributed by atoms with Gasteiger partial charge in [0.15, 0.2) is 5.65 Å². The Morgan fingerprint density at radius 3 is 3.06 bits per heavy atom. The van der Waals surface area contributed by atoms with Crippen molar-refractivity contribution in [2.24, 2.45) is 0 Å². The van der Waals surface area contributed by atoms with Gasteiger partial charge in [-0.1, -0.05) is 6.92 Å². The van der Waals surface area contributed by atoms with Crippen molar-refractivity contribution in [1.29, 1.82) is 0 Å². The summed E-state index contributed by atoms with van der Waals surface area (Å²) in [5.74, 6) is 0.741. The molecule has 0 unspecified atom stereocenters. The summed E-state index contributed by atoms with van der Waals surface area (Å²) in [6.07, 6.45) is 2.38. The molecule has 0 saturated heterocycles. The van der Waals surface area contributed by atoms with Crippen molar-refractivity contribution in [2.45, 2.75) is 13.3 Å². The molecule has 3 aromatic heterocycles. The van der Waals surface area contributed by atoms with Gasteiger partial charge < -0.3 is 4.98 Å². The van der Waals surface area contributed by atoms with E-state index in [0.29, 0.717) is 23.2 Å². The molecule has 0 aliphatic rings. The molecular weight excluding hydrogens is 206 g/mol. The van der Waals surface area contributed by atoms with Crippen LogP contribution in [0.4, 0.5) is 0 Å². The molecule has 0 aliphatic carbocycles. The Kier molecular flexibility index (Phi) is 1.76. The van der Waals surface area contributed by atoms with Crippen molar-refractivity contribution >= 4 is 16.8 Å². The Bertz CT molecular complexity index is 727. The number of pyridine rings is 1. The molecule has 0 aromatic carbocycles. The van der Waals surface area contributed by atoms with E-state index >= 15 is 0 Å². The molecule has 0 saturated carbocycles. The molecule has 0 aliphatic heterocycles. The lowest BCUT2D eigenvalue weighted by atomic mass is 10.4. The molecule has 0 atom stereocenters. The van der Waals surface area contributed by atoms with Crippen LogP contribution >= 0.6 is 0 Å². The average Bonchev–Trinajstić information content (AvgIpc) is 2.74. The molecule has 6 heteroatoms. The van der Waals surface area contributed by atoms with Crippen LogP contribution in [0.15, 0.2) is 23.1 Å². The van der Waals surface area contributed by atoms with Gasteiger partial charge in [-0.15, -0.1) is 10.2 Å². The predicted octanol–water partition coefficient (Wildman–Crippen LogP) is 0.528. The molecule has 0 radical (unpaired) electrons. The number of nitrogens with zero attached hydrogens (tertiary/aromatic N) is 4. The molecule has 0 fully saturated rings. The summed E-state index contributed by atoms with van der Waals surface area (Å²) >= 11 is 0. The summed E-state index contributed by atoms with van der Waals surface area (Å²) in [6, 6.07) is 3.59. The highest BCUT2D eigenvalue weighted by molar-refractivity contribution is 5.72. The minimum absolute atomic E-state index is 0.243. The second-order valence-electron chi connectivity index (χ2n) is 3.46. The summed E-state index contributed by atoms with van der Waals surface area (Å²) < 4.78 is 1.70. The van der Waals surface area contributed by atoms with E-state index in [9.17, 15) is 4.79 Å². The predicted molar refractivity (Wildman–Crippen MR) is 58.3 cm³/mol. The van der Waals surface area contributed by atoms with E-state index < -0.39 is 0 Å². The van der Waals surface area contributed by atoms with Crippen molar-refractivity contribution in [3.8, 4) is 0 Å². The van der Waals surface area contributed by atoms with Crippen LogP contribution in [-0.2, 0) is 6.42 Å². The third-order valence-corrected chi connectivity index (χ3v) is 2.50. The van der Waals surface area contributed by atoms with Crippen LogP contribution in [0.2, 0.25) is 0 Å². The summed E-state index contributed by atoms with van der Waals surface area (Å²) in [5, 5.41) is 7.85. The average molecular weight is 215 g/mol. The zero-order valence-electron chi connectivity index (χ0n) is 8.64. The maximum Gasteiger partial charge on any atom is 0.294 e. The minimum Gasteiger partial charge on any atom is -0.316 e. The van der Waals surface area contributed by atoms with Gasteiger partial charge in [-0.3, -0.25) is 9.20 Å². The fourth-order valence-corrected chi connectivity index (χ4v) is 1.77. The third-order valence-electron chi connectivity index (χ3n) is 2.50. The molecule has 1 N–H and O–H groups in total. The topological polar surface area (TPSA) is 75.9 Å². The number of hydrogen-bond acceptors (Lipinski definition) is 4. The summed E-state index contributed by atoms with van der Waals surface area (Å²) in [4.78, 5) is 18.7. The van der Waals surface area contributed by atoms with E-state index in [1.807, 2.05) is 13.0 Å². The minimum atomic E-state index is -0.243. The number of hydrogen-bond donors (Lipinski definition) is 1. The lowest BCUT2D eigenvalue weighted by molar-refractivity contribution is 0.915. The van der Waals surface area contributed by atoms with Crippen LogP contribution in [0, 0.1) is 0 Å². The normalized spacial score (nSPS) is 11.3. The molecular formula is C10H9N5O. The first kappa shape index (κ1) is 9.02. The Morgan fingerprint density at radius 1 is 1.38 bits per heavy atom. The van der Waals surface area contributed by atoms with Crippen LogP contribution in [0.5, 0.6) is 0 Å². The molecule has 3 heterocycles. The highest BCUT2D eigenvalue weighted by Crippen LogP contribution is 2.09. The van der Waals surface area contributed by atoms with Crippen molar-refractivity contribution in [3.05, 3.63) is 34.5 Å². The zero-order chi connectivity index (χ0) is 11.1. The van der Waals surface area contributed by atoms with Gasteiger partial charge in [0.1, 0.15) is 5.82 Å². The Hall–Kier alpha value is -2.24. The monoisotopic (exact) mass is 215 g/mol. The molecule has 6 nitrogen and oxygen atoms in total. The first-order valence-electron chi connectivity index (χ1n) is 5.02. The molecule has 0 spiro atoms. The SMILES string of the molecule is CCc1nnc2c(=O)[nH]c3cccnc3n12. The van der Waals surface area contributed by atoms with Crippen LogP contribution < -0.4 is 5.56 Å². The van der Waals surface area contributed by atoms with E-state index in [-0.39, 0.29) is 5.56 Å². The smallest absolute Gasteiger partial charge is 0.294 e. The Balaban J connectivity index is 2.65.